The Morgan fingerprint density at radius 1 is 1.41 bits per heavy atom. The largest absolute Gasteiger partial charge is 0.396 e. The van der Waals surface area contributed by atoms with Crippen LogP contribution in [0.1, 0.15) is 42.8 Å². The zero-order valence-electron chi connectivity index (χ0n) is 10.5. The summed E-state index contributed by atoms with van der Waals surface area (Å²) in [5.74, 6) is 0.429. The van der Waals surface area contributed by atoms with Crippen LogP contribution in [0.2, 0.25) is 0 Å². The molecule has 2 rings (SSSR count). The molecule has 3 nitrogen and oxygen atoms in total. The first-order valence-electron chi connectivity index (χ1n) is 6.55. The van der Waals surface area contributed by atoms with Gasteiger partial charge in [-0.2, -0.15) is 0 Å². The third kappa shape index (κ3) is 3.76. The molecule has 0 aromatic carbocycles. The minimum absolute atomic E-state index is 0.314. The van der Waals surface area contributed by atoms with Gasteiger partial charge in [0.15, 0.2) is 0 Å². The molecule has 1 fully saturated rings. The molecule has 1 heterocycles. The molecule has 4 heteroatoms. The van der Waals surface area contributed by atoms with Crippen molar-refractivity contribution in [1.82, 2.24) is 10.3 Å². The van der Waals surface area contributed by atoms with Crippen molar-refractivity contribution in [1.29, 1.82) is 0 Å². The molecule has 1 aromatic heterocycles. The van der Waals surface area contributed by atoms with Crippen LogP contribution in [-0.4, -0.2) is 22.7 Å². The second-order valence-corrected chi connectivity index (χ2v) is 5.89. The summed E-state index contributed by atoms with van der Waals surface area (Å²) in [6.45, 7) is 3.19. The van der Waals surface area contributed by atoms with E-state index in [9.17, 15) is 5.11 Å². The van der Waals surface area contributed by atoms with Gasteiger partial charge in [-0.3, -0.25) is 0 Å². The van der Waals surface area contributed by atoms with Crippen LogP contribution in [0, 0.1) is 12.8 Å². The number of aromatic nitrogens is 1. The van der Waals surface area contributed by atoms with Crippen molar-refractivity contribution in [3.63, 3.8) is 0 Å². The van der Waals surface area contributed by atoms with Gasteiger partial charge in [0.25, 0.3) is 0 Å². The summed E-state index contributed by atoms with van der Waals surface area (Å²) in [6.07, 6.45) is 6.20. The number of hydrogen-bond donors (Lipinski definition) is 2. The third-order valence-electron chi connectivity index (χ3n) is 3.58. The van der Waals surface area contributed by atoms with Crippen molar-refractivity contribution in [2.24, 2.45) is 5.92 Å². The molecule has 1 aliphatic rings. The fraction of sp³-hybridized carbons (Fsp3) is 0.769. The molecule has 1 saturated carbocycles. The summed E-state index contributed by atoms with van der Waals surface area (Å²) in [5, 5.41) is 16.3. The molecule has 96 valence electrons. The average Bonchev–Trinajstić information content (AvgIpc) is 2.63. The van der Waals surface area contributed by atoms with Crippen LogP contribution in [0.15, 0.2) is 5.38 Å². The van der Waals surface area contributed by atoms with Gasteiger partial charge in [0, 0.05) is 30.3 Å². The van der Waals surface area contributed by atoms with E-state index in [1.165, 1.54) is 25.7 Å². The van der Waals surface area contributed by atoms with E-state index in [4.69, 9.17) is 0 Å². The van der Waals surface area contributed by atoms with Crippen molar-refractivity contribution in [3.05, 3.63) is 16.1 Å². The molecule has 1 aromatic rings. The minimum Gasteiger partial charge on any atom is -0.396 e. The summed E-state index contributed by atoms with van der Waals surface area (Å²) in [4.78, 5) is 4.46. The number of aliphatic hydroxyl groups is 1. The number of nitrogens with zero attached hydrogens (tertiary/aromatic N) is 1. The van der Waals surface area contributed by atoms with E-state index in [0.29, 0.717) is 18.6 Å². The van der Waals surface area contributed by atoms with Crippen LogP contribution in [-0.2, 0) is 6.54 Å². The summed E-state index contributed by atoms with van der Waals surface area (Å²) in [5.41, 5.74) is 1.10. The first-order valence-corrected chi connectivity index (χ1v) is 7.43. The van der Waals surface area contributed by atoms with E-state index in [2.05, 4.69) is 15.7 Å². The van der Waals surface area contributed by atoms with Gasteiger partial charge in [-0.1, -0.05) is 19.3 Å². The Kier molecular flexibility index (Phi) is 4.95. The summed E-state index contributed by atoms with van der Waals surface area (Å²) >= 11 is 1.72. The van der Waals surface area contributed by atoms with E-state index in [1.807, 2.05) is 6.92 Å². The number of aliphatic hydroxyl groups excluding tert-OH is 1. The standard InChI is InChI=1S/C13H22N2OS/c1-10-9-17-13(15-10)7-14-12-6-4-2-3-5-11(12)8-16/h9,11-12,14,16H,2-8H2,1H3. The first kappa shape index (κ1) is 13.0. The molecule has 0 bridgehead atoms. The van der Waals surface area contributed by atoms with Gasteiger partial charge in [0.2, 0.25) is 0 Å². The van der Waals surface area contributed by atoms with Gasteiger partial charge in [-0.05, 0) is 25.7 Å². The van der Waals surface area contributed by atoms with Crippen molar-refractivity contribution in [2.45, 2.75) is 51.6 Å². The van der Waals surface area contributed by atoms with Gasteiger partial charge in [0.05, 0.1) is 0 Å². The van der Waals surface area contributed by atoms with E-state index in [0.717, 1.165) is 23.7 Å². The molecule has 2 atom stereocenters. The quantitative estimate of drug-likeness (QED) is 0.811. The molecule has 0 aliphatic heterocycles. The van der Waals surface area contributed by atoms with E-state index < -0.39 is 0 Å². The summed E-state index contributed by atoms with van der Waals surface area (Å²) in [7, 11) is 0. The fourth-order valence-corrected chi connectivity index (χ4v) is 3.30. The second kappa shape index (κ2) is 6.47. The lowest BCUT2D eigenvalue weighted by atomic mass is 9.96. The monoisotopic (exact) mass is 254 g/mol. The lowest BCUT2D eigenvalue weighted by molar-refractivity contribution is 0.181. The van der Waals surface area contributed by atoms with Crippen LogP contribution in [0.4, 0.5) is 0 Å². The number of rotatable bonds is 4. The molecule has 0 spiro atoms. The fourth-order valence-electron chi connectivity index (χ4n) is 2.57. The Morgan fingerprint density at radius 2 is 2.24 bits per heavy atom. The van der Waals surface area contributed by atoms with Crippen molar-refractivity contribution >= 4 is 11.3 Å². The maximum atomic E-state index is 9.43. The van der Waals surface area contributed by atoms with Crippen molar-refractivity contribution in [2.75, 3.05) is 6.61 Å². The first-order chi connectivity index (χ1) is 8.29. The second-order valence-electron chi connectivity index (χ2n) is 4.95. The van der Waals surface area contributed by atoms with Crippen LogP contribution >= 0.6 is 11.3 Å². The lowest BCUT2D eigenvalue weighted by Crippen LogP contribution is -2.36. The van der Waals surface area contributed by atoms with Gasteiger partial charge >= 0.3 is 0 Å². The van der Waals surface area contributed by atoms with Gasteiger partial charge in [-0.25, -0.2) is 4.98 Å². The highest BCUT2D eigenvalue weighted by molar-refractivity contribution is 7.09. The predicted molar refractivity (Wildman–Crippen MR) is 71.1 cm³/mol. The van der Waals surface area contributed by atoms with Gasteiger partial charge in [-0.15, -0.1) is 11.3 Å². The zero-order valence-corrected chi connectivity index (χ0v) is 11.3. The van der Waals surface area contributed by atoms with E-state index in [1.54, 1.807) is 11.3 Å². The Hall–Kier alpha value is -0.450. The smallest absolute Gasteiger partial charge is 0.107 e. The molecular formula is C13H22N2OS. The Labute approximate surface area is 107 Å². The maximum Gasteiger partial charge on any atom is 0.107 e. The molecule has 2 N–H and O–H groups in total. The Balaban J connectivity index is 1.87. The summed E-state index contributed by atoms with van der Waals surface area (Å²) < 4.78 is 0. The van der Waals surface area contributed by atoms with Crippen LogP contribution in [0.3, 0.4) is 0 Å². The number of nitrogens with one attached hydrogen (secondary N) is 1. The molecule has 0 radical (unpaired) electrons. The highest BCUT2D eigenvalue weighted by Crippen LogP contribution is 2.23. The van der Waals surface area contributed by atoms with Gasteiger partial charge in [0.1, 0.15) is 5.01 Å². The normalized spacial score (nSPS) is 25.8. The predicted octanol–water partition coefficient (Wildman–Crippen LogP) is 2.48. The highest BCUT2D eigenvalue weighted by atomic mass is 32.1. The van der Waals surface area contributed by atoms with Crippen LogP contribution in [0.5, 0.6) is 0 Å². The maximum absolute atomic E-state index is 9.43. The van der Waals surface area contributed by atoms with Crippen LogP contribution < -0.4 is 5.32 Å². The van der Waals surface area contributed by atoms with Gasteiger partial charge < -0.3 is 10.4 Å². The number of aryl methyl sites for hydroxylation is 1. The van der Waals surface area contributed by atoms with E-state index >= 15 is 0 Å². The molecule has 2 unspecified atom stereocenters. The molecule has 17 heavy (non-hydrogen) atoms. The summed E-state index contributed by atoms with van der Waals surface area (Å²) in [6, 6.07) is 0.465. The topological polar surface area (TPSA) is 45.1 Å². The third-order valence-corrected chi connectivity index (χ3v) is 4.54. The Morgan fingerprint density at radius 3 is 2.94 bits per heavy atom. The minimum atomic E-state index is 0.314. The van der Waals surface area contributed by atoms with Crippen LogP contribution in [0.25, 0.3) is 0 Å². The average molecular weight is 254 g/mol. The van der Waals surface area contributed by atoms with Crippen molar-refractivity contribution < 1.29 is 5.11 Å². The van der Waals surface area contributed by atoms with Crippen molar-refractivity contribution in [3.8, 4) is 0 Å². The number of hydrogen-bond acceptors (Lipinski definition) is 4. The van der Waals surface area contributed by atoms with E-state index in [-0.39, 0.29) is 0 Å². The SMILES string of the molecule is Cc1csc(CNC2CCCCCC2CO)n1. The molecule has 0 saturated heterocycles. The number of thiazole rings is 1. The molecule has 0 amide bonds. The highest BCUT2D eigenvalue weighted by Gasteiger charge is 2.22. The lowest BCUT2D eigenvalue weighted by Gasteiger charge is -2.24. The molecule has 1 aliphatic carbocycles. The molecular weight excluding hydrogens is 232 g/mol. The zero-order chi connectivity index (χ0) is 12.1. The Bertz CT molecular complexity index is 340.